The molecule has 1 aliphatic heterocycles. The molecule has 0 spiro atoms. The quantitative estimate of drug-likeness (QED) is 0.488. The fourth-order valence-electron chi connectivity index (χ4n) is 3.17. The van der Waals surface area contributed by atoms with Gasteiger partial charge in [0.15, 0.2) is 0 Å². The van der Waals surface area contributed by atoms with Crippen LogP contribution in [0, 0.1) is 6.92 Å². The molecule has 0 atom stereocenters. The molecule has 9 heteroatoms. The molecule has 1 aliphatic rings. The maximum Gasteiger partial charge on any atom is 0.332 e. The molecule has 1 aromatic carbocycles. The van der Waals surface area contributed by atoms with E-state index in [1.165, 1.54) is 17.2 Å². The maximum absolute atomic E-state index is 12.8. The monoisotopic (exact) mass is 406 g/mol. The Kier molecular flexibility index (Phi) is 6.66. The molecular formula is C19H23ClN4O4. The number of aromatic nitrogens is 2. The fourth-order valence-corrected chi connectivity index (χ4v) is 3.34. The number of H-pyrrole nitrogens is 1. The molecule has 0 bridgehead atoms. The molecule has 1 saturated heterocycles. The van der Waals surface area contributed by atoms with E-state index in [9.17, 15) is 14.7 Å². The number of quaternary nitrogens is 1. The Bertz CT molecular complexity index is 977. The van der Waals surface area contributed by atoms with Crippen molar-refractivity contribution in [3.63, 3.8) is 0 Å². The molecule has 2 aromatic rings. The Morgan fingerprint density at radius 3 is 2.86 bits per heavy atom. The van der Waals surface area contributed by atoms with Crippen LogP contribution in [0.2, 0.25) is 5.02 Å². The number of aliphatic imine (C=N–C) groups is 1. The second-order valence-electron chi connectivity index (χ2n) is 6.75. The lowest BCUT2D eigenvalue weighted by atomic mass is 10.2. The Hall–Kier alpha value is -2.42. The van der Waals surface area contributed by atoms with Gasteiger partial charge in [0.25, 0.3) is 5.56 Å². The van der Waals surface area contributed by atoms with Gasteiger partial charge in [-0.1, -0.05) is 17.7 Å². The fraction of sp³-hybridized carbons (Fsp3) is 0.421. The van der Waals surface area contributed by atoms with E-state index in [0.717, 1.165) is 43.8 Å². The van der Waals surface area contributed by atoms with Gasteiger partial charge in [-0.25, -0.2) is 4.79 Å². The number of halogens is 1. The predicted octanol–water partition coefficient (Wildman–Crippen LogP) is -0.715. The van der Waals surface area contributed by atoms with Crippen LogP contribution < -0.4 is 21.3 Å². The summed E-state index contributed by atoms with van der Waals surface area (Å²) in [6.45, 7) is 6.73. The Morgan fingerprint density at radius 1 is 1.36 bits per heavy atom. The highest BCUT2D eigenvalue weighted by Gasteiger charge is 2.13. The third-order valence-electron chi connectivity index (χ3n) is 4.75. The molecule has 3 rings (SSSR count). The van der Waals surface area contributed by atoms with Crippen LogP contribution in [0.25, 0.3) is 5.69 Å². The first kappa shape index (κ1) is 20.3. The summed E-state index contributed by atoms with van der Waals surface area (Å²) >= 11 is 6.00. The summed E-state index contributed by atoms with van der Waals surface area (Å²) in [7, 11) is 0. The van der Waals surface area contributed by atoms with Gasteiger partial charge in [-0.05, 0) is 30.5 Å². The van der Waals surface area contributed by atoms with Crippen LogP contribution in [0.1, 0.15) is 17.5 Å². The minimum absolute atomic E-state index is 0.169. The van der Waals surface area contributed by atoms with E-state index >= 15 is 0 Å². The van der Waals surface area contributed by atoms with Gasteiger partial charge in [0.05, 0.1) is 31.0 Å². The summed E-state index contributed by atoms with van der Waals surface area (Å²) in [5.41, 5.74) is -0.684. The molecule has 0 radical (unpaired) electrons. The molecule has 2 heterocycles. The topological polar surface area (TPSA) is 104 Å². The molecule has 28 heavy (non-hydrogen) atoms. The summed E-state index contributed by atoms with van der Waals surface area (Å²) in [5, 5.41) is 13.2. The van der Waals surface area contributed by atoms with Crippen molar-refractivity contribution in [2.45, 2.75) is 13.3 Å². The highest BCUT2D eigenvalue weighted by molar-refractivity contribution is 6.30. The maximum atomic E-state index is 12.8. The number of aromatic amines is 1. The number of hydrogen-bond donors (Lipinski definition) is 2. The van der Waals surface area contributed by atoms with E-state index in [1.54, 1.807) is 19.1 Å². The number of morpholine rings is 1. The van der Waals surface area contributed by atoms with Gasteiger partial charge in [-0.3, -0.25) is 19.3 Å². The number of benzene rings is 1. The molecule has 2 N–H and O–H groups in total. The molecule has 0 amide bonds. The number of hydrogen-bond acceptors (Lipinski definition) is 5. The Labute approximate surface area is 167 Å². The van der Waals surface area contributed by atoms with Crippen molar-refractivity contribution in [2.24, 2.45) is 4.99 Å². The van der Waals surface area contributed by atoms with Crippen LogP contribution in [0.15, 0.2) is 32.8 Å². The third-order valence-corrected chi connectivity index (χ3v) is 4.99. The highest BCUT2D eigenvalue weighted by atomic mass is 35.5. The van der Waals surface area contributed by atoms with Gasteiger partial charge in [0, 0.05) is 24.2 Å². The van der Waals surface area contributed by atoms with Crippen LogP contribution in [0.3, 0.4) is 0 Å². The van der Waals surface area contributed by atoms with Gasteiger partial charge in [0.1, 0.15) is 13.1 Å². The number of nitrogens with one attached hydrogen (secondary N) is 2. The average Bonchev–Trinajstić information content (AvgIpc) is 2.67. The zero-order valence-corrected chi connectivity index (χ0v) is 16.4. The molecular weight excluding hydrogens is 384 g/mol. The number of nitrogens with zero attached hydrogens (tertiary/aromatic N) is 2. The zero-order valence-electron chi connectivity index (χ0n) is 15.7. The zero-order chi connectivity index (χ0) is 20.1. The van der Waals surface area contributed by atoms with Crippen LogP contribution in [0.5, 0.6) is 5.88 Å². The Balaban J connectivity index is 1.79. The molecule has 1 aromatic heterocycles. The normalized spacial score (nSPS) is 15.4. The number of aryl methyl sites for hydroxylation is 1. The van der Waals surface area contributed by atoms with Crippen molar-refractivity contribution in [3.8, 4) is 11.6 Å². The predicted molar refractivity (Wildman–Crippen MR) is 105 cm³/mol. The van der Waals surface area contributed by atoms with Crippen molar-refractivity contribution < 1.29 is 14.7 Å². The van der Waals surface area contributed by atoms with Gasteiger partial charge in [0.2, 0.25) is 0 Å². The smallest absolute Gasteiger partial charge is 0.332 e. The van der Waals surface area contributed by atoms with E-state index in [1.807, 2.05) is 0 Å². The van der Waals surface area contributed by atoms with E-state index in [2.05, 4.69) is 9.98 Å². The summed E-state index contributed by atoms with van der Waals surface area (Å²) < 4.78 is 6.24. The summed E-state index contributed by atoms with van der Waals surface area (Å²) in [5.74, 6) is -0.707. The van der Waals surface area contributed by atoms with Crippen molar-refractivity contribution in [1.29, 1.82) is 0 Å². The van der Waals surface area contributed by atoms with E-state index in [-0.39, 0.29) is 5.56 Å². The largest absolute Gasteiger partial charge is 0.859 e. The molecule has 8 nitrogen and oxygen atoms in total. The first-order valence-electron chi connectivity index (χ1n) is 9.21. The first-order valence-corrected chi connectivity index (χ1v) is 9.59. The van der Waals surface area contributed by atoms with Crippen LogP contribution >= 0.6 is 11.6 Å². The van der Waals surface area contributed by atoms with Gasteiger partial charge < -0.3 is 14.7 Å². The van der Waals surface area contributed by atoms with Crippen LogP contribution in [-0.4, -0.2) is 55.2 Å². The van der Waals surface area contributed by atoms with E-state index in [0.29, 0.717) is 22.8 Å². The first-order chi connectivity index (χ1) is 13.5. The molecule has 0 aliphatic carbocycles. The van der Waals surface area contributed by atoms with Crippen molar-refractivity contribution in [1.82, 2.24) is 9.55 Å². The molecule has 1 fully saturated rings. The summed E-state index contributed by atoms with van der Waals surface area (Å²) in [6.07, 6.45) is 2.09. The van der Waals surface area contributed by atoms with Gasteiger partial charge in [-0.15, -0.1) is 0 Å². The van der Waals surface area contributed by atoms with Crippen molar-refractivity contribution in [3.05, 3.63) is 55.2 Å². The third kappa shape index (κ3) is 4.70. The van der Waals surface area contributed by atoms with E-state index in [4.69, 9.17) is 16.3 Å². The summed E-state index contributed by atoms with van der Waals surface area (Å²) in [4.78, 5) is 32.2. The molecule has 0 unspecified atom stereocenters. The number of rotatable bonds is 6. The average molecular weight is 407 g/mol. The second-order valence-corrected chi connectivity index (χ2v) is 7.18. The van der Waals surface area contributed by atoms with Gasteiger partial charge in [-0.2, -0.15) is 0 Å². The van der Waals surface area contributed by atoms with Gasteiger partial charge >= 0.3 is 5.69 Å². The van der Waals surface area contributed by atoms with Crippen molar-refractivity contribution in [2.75, 3.05) is 39.4 Å². The minimum atomic E-state index is -0.798. The lowest BCUT2D eigenvalue weighted by molar-refractivity contribution is -0.908. The van der Waals surface area contributed by atoms with Crippen LogP contribution in [0.4, 0.5) is 0 Å². The second kappa shape index (κ2) is 9.18. The summed E-state index contributed by atoms with van der Waals surface area (Å²) in [6, 6.07) is 4.89. The highest BCUT2D eigenvalue weighted by Crippen LogP contribution is 2.21. The van der Waals surface area contributed by atoms with Crippen molar-refractivity contribution >= 4 is 17.8 Å². The Morgan fingerprint density at radius 2 is 2.11 bits per heavy atom. The minimum Gasteiger partial charge on any atom is -0.859 e. The molecule has 0 saturated carbocycles. The lowest BCUT2D eigenvalue weighted by Gasteiger charge is -2.23. The van der Waals surface area contributed by atoms with Crippen LogP contribution in [-0.2, 0) is 4.74 Å². The number of ether oxygens (including phenoxy) is 1. The standard InChI is InChI=1S/C19H23ClN4O4/c1-13-3-4-14(20)11-16(13)24-18(26)15(17(25)22-19(24)27)12-21-5-2-6-23-7-9-28-10-8-23/h3-4,11-12,26H,2,5-10H2,1H3,(H,22,25,27). The lowest BCUT2D eigenvalue weighted by Crippen LogP contribution is -3.14. The molecule has 150 valence electrons. The van der Waals surface area contributed by atoms with E-state index < -0.39 is 17.1 Å². The SMILES string of the molecule is Cc1ccc(Cl)cc1-n1c([O-])c(C=NCCC[NH+]2CCOCC2)c(=O)[nH]c1=O.